The quantitative estimate of drug-likeness (QED) is 0.702. The zero-order valence-corrected chi connectivity index (χ0v) is 13.7. The molecule has 0 spiro atoms. The summed E-state index contributed by atoms with van der Waals surface area (Å²) >= 11 is 0. The van der Waals surface area contributed by atoms with Crippen LogP contribution in [0.15, 0.2) is 47.0 Å². The number of fused-ring (bicyclic) bond motifs is 1. The molecule has 1 atom stereocenters. The minimum atomic E-state index is -0.576. The van der Waals surface area contributed by atoms with Crippen molar-refractivity contribution in [2.45, 2.75) is 19.4 Å². The molecule has 3 rings (SSSR count). The standard InChI is InChI=1S/C18H19N3O3/c1-3-23-18(22)16-20-17(24-21-16)15(19-2)11-12-8-9-13-6-4-5-7-14(13)10-12/h4-10,15,19H,3,11H2,1-2H3. The number of hydrogen-bond acceptors (Lipinski definition) is 6. The molecule has 124 valence electrons. The van der Waals surface area contributed by atoms with E-state index in [4.69, 9.17) is 9.26 Å². The van der Waals surface area contributed by atoms with E-state index < -0.39 is 5.97 Å². The lowest BCUT2D eigenvalue weighted by atomic mass is 10.0. The summed E-state index contributed by atoms with van der Waals surface area (Å²) in [7, 11) is 1.82. The van der Waals surface area contributed by atoms with Crippen LogP contribution in [0.2, 0.25) is 0 Å². The molecule has 0 saturated carbocycles. The zero-order valence-electron chi connectivity index (χ0n) is 13.7. The molecule has 0 bridgehead atoms. The molecule has 1 N–H and O–H groups in total. The van der Waals surface area contributed by atoms with Gasteiger partial charge in [-0.15, -0.1) is 0 Å². The maximum Gasteiger partial charge on any atom is 0.379 e. The maximum absolute atomic E-state index is 11.6. The molecule has 24 heavy (non-hydrogen) atoms. The fourth-order valence-corrected chi connectivity index (χ4v) is 2.57. The van der Waals surface area contributed by atoms with Crippen molar-refractivity contribution < 1.29 is 14.1 Å². The third-order valence-corrected chi connectivity index (χ3v) is 3.80. The largest absolute Gasteiger partial charge is 0.460 e. The first-order valence-electron chi connectivity index (χ1n) is 7.87. The molecule has 0 saturated heterocycles. The van der Waals surface area contributed by atoms with Crippen LogP contribution < -0.4 is 5.32 Å². The van der Waals surface area contributed by atoms with Crippen LogP contribution in [0.5, 0.6) is 0 Å². The Hall–Kier alpha value is -2.73. The molecule has 0 aliphatic carbocycles. The van der Waals surface area contributed by atoms with Crippen molar-refractivity contribution in [2.24, 2.45) is 0 Å². The van der Waals surface area contributed by atoms with E-state index in [9.17, 15) is 4.79 Å². The van der Waals surface area contributed by atoms with Crippen molar-refractivity contribution >= 4 is 16.7 Å². The van der Waals surface area contributed by atoms with Crippen LogP contribution in [-0.2, 0) is 11.2 Å². The summed E-state index contributed by atoms with van der Waals surface area (Å²) in [6.45, 7) is 2.00. The highest BCUT2D eigenvalue weighted by Gasteiger charge is 2.21. The van der Waals surface area contributed by atoms with E-state index in [0.29, 0.717) is 12.3 Å². The average molecular weight is 325 g/mol. The predicted octanol–water partition coefficient (Wildman–Crippen LogP) is 2.90. The number of nitrogens with one attached hydrogen (secondary N) is 1. The van der Waals surface area contributed by atoms with Gasteiger partial charge in [-0.05, 0) is 41.9 Å². The molecule has 1 unspecified atom stereocenters. The van der Waals surface area contributed by atoms with Crippen molar-refractivity contribution in [1.29, 1.82) is 0 Å². The number of esters is 1. The summed E-state index contributed by atoms with van der Waals surface area (Å²) < 4.78 is 10.1. The molecule has 0 fully saturated rings. The van der Waals surface area contributed by atoms with Crippen LogP contribution in [0.4, 0.5) is 0 Å². The van der Waals surface area contributed by atoms with Gasteiger partial charge < -0.3 is 14.6 Å². The molecule has 2 aromatic carbocycles. The van der Waals surface area contributed by atoms with Gasteiger partial charge in [0.15, 0.2) is 0 Å². The highest BCUT2D eigenvalue weighted by Crippen LogP contribution is 2.21. The first-order chi connectivity index (χ1) is 11.7. The van der Waals surface area contributed by atoms with Crippen LogP contribution in [-0.4, -0.2) is 29.8 Å². The van der Waals surface area contributed by atoms with Crippen molar-refractivity contribution in [3.8, 4) is 0 Å². The van der Waals surface area contributed by atoms with E-state index in [1.165, 1.54) is 10.8 Å². The highest BCUT2D eigenvalue weighted by molar-refractivity contribution is 5.85. The molecule has 6 nitrogen and oxygen atoms in total. The molecule has 3 aromatic rings. The van der Waals surface area contributed by atoms with E-state index in [2.05, 4.69) is 45.8 Å². The van der Waals surface area contributed by atoms with Gasteiger partial charge in [0.2, 0.25) is 5.89 Å². The van der Waals surface area contributed by atoms with E-state index in [1.807, 2.05) is 19.2 Å². The fourth-order valence-electron chi connectivity index (χ4n) is 2.57. The molecule has 1 aromatic heterocycles. The lowest BCUT2D eigenvalue weighted by molar-refractivity contribution is 0.0508. The topological polar surface area (TPSA) is 77.2 Å². The number of rotatable bonds is 6. The number of ether oxygens (including phenoxy) is 1. The number of likely N-dealkylation sites (N-methyl/N-ethyl adjacent to an activating group) is 1. The zero-order chi connectivity index (χ0) is 16.9. The molecule has 0 aliphatic heterocycles. The second kappa shape index (κ2) is 7.23. The van der Waals surface area contributed by atoms with Gasteiger partial charge in [-0.3, -0.25) is 0 Å². The van der Waals surface area contributed by atoms with Gasteiger partial charge in [0.05, 0.1) is 12.6 Å². The number of aromatic nitrogens is 2. The van der Waals surface area contributed by atoms with Crippen molar-refractivity contribution in [2.75, 3.05) is 13.7 Å². The van der Waals surface area contributed by atoms with Crippen molar-refractivity contribution in [3.63, 3.8) is 0 Å². The minimum Gasteiger partial charge on any atom is -0.460 e. The van der Waals surface area contributed by atoms with Crippen LogP contribution >= 0.6 is 0 Å². The Kier molecular flexibility index (Phi) is 4.86. The van der Waals surface area contributed by atoms with Crippen molar-refractivity contribution in [1.82, 2.24) is 15.5 Å². The van der Waals surface area contributed by atoms with E-state index in [1.54, 1.807) is 6.92 Å². The van der Waals surface area contributed by atoms with Crippen LogP contribution in [0, 0.1) is 0 Å². The Bertz CT molecular complexity index is 844. The van der Waals surface area contributed by atoms with Crippen LogP contribution in [0.3, 0.4) is 0 Å². The Balaban J connectivity index is 1.79. The Morgan fingerprint density at radius 3 is 2.79 bits per heavy atom. The second-order valence-corrected chi connectivity index (χ2v) is 5.40. The minimum absolute atomic E-state index is 0.0504. The molecular weight excluding hydrogens is 306 g/mol. The summed E-state index contributed by atoms with van der Waals surface area (Å²) in [5.74, 6) is -0.257. The Morgan fingerprint density at radius 1 is 1.25 bits per heavy atom. The highest BCUT2D eigenvalue weighted by atomic mass is 16.5. The van der Waals surface area contributed by atoms with Gasteiger partial charge in [-0.2, -0.15) is 4.98 Å². The lowest BCUT2D eigenvalue weighted by Crippen LogP contribution is -2.19. The summed E-state index contributed by atoms with van der Waals surface area (Å²) in [5.41, 5.74) is 1.14. The number of carbonyl (C=O) groups excluding carboxylic acids is 1. The molecule has 0 aliphatic rings. The third kappa shape index (κ3) is 3.44. The third-order valence-electron chi connectivity index (χ3n) is 3.80. The van der Waals surface area contributed by atoms with Crippen LogP contribution in [0.1, 0.15) is 35.0 Å². The van der Waals surface area contributed by atoms with E-state index in [-0.39, 0.29) is 18.5 Å². The fraction of sp³-hybridized carbons (Fsp3) is 0.278. The monoisotopic (exact) mass is 325 g/mol. The Labute approximate surface area is 139 Å². The molecule has 6 heteroatoms. The molecular formula is C18H19N3O3. The summed E-state index contributed by atoms with van der Waals surface area (Å²) in [4.78, 5) is 15.8. The number of carbonyl (C=O) groups is 1. The second-order valence-electron chi connectivity index (χ2n) is 5.40. The number of nitrogens with zero attached hydrogens (tertiary/aromatic N) is 2. The first-order valence-corrected chi connectivity index (χ1v) is 7.87. The van der Waals surface area contributed by atoms with Gasteiger partial charge in [0.1, 0.15) is 0 Å². The van der Waals surface area contributed by atoms with Gasteiger partial charge in [0, 0.05) is 0 Å². The van der Waals surface area contributed by atoms with Gasteiger partial charge in [0.25, 0.3) is 5.82 Å². The van der Waals surface area contributed by atoms with E-state index >= 15 is 0 Å². The van der Waals surface area contributed by atoms with E-state index in [0.717, 1.165) is 5.56 Å². The summed E-state index contributed by atoms with van der Waals surface area (Å²) in [6.07, 6.45) is 0.672. The average Bonchev–Trinajstić information content (AvgIpc) is 3.10. The maximum atomic E-state index is 11.6. The van der Waals surface area contributed by atoms with Crippen LogP contribution in [0.25, 0.3) is 10.8 Å². The lowest BCUT2D eigenvalue weighted by Gasteiger charge is -2.12. The number of benzene rings is 2. The van der Waals surface area contributed by atoms with Gasteiger partial charge in [-0.1, -0.05) is 42.5 Å². The molecule has 1 heterocycles. The summed E-state index contributed by atoms with van der Waals surface area (Å²) in [5, 5.41) is 9.23. The normalized spacial score (nSPS) is 12.2. The smallest absolute Gasteiger partial charge is 0.379 e. The molecule has 0 amide bonds. The Morgan fingerprint density at radius 2 is 2.04 bits per heavy atom. The molecule has 0 radical (unpaired) electrons. The van der Waals surface area contributed by atoms with Gasteiger partial charge in [-0.25, -0.2) is 4.79 Å². The van der Waals surface area contributed by atoms with Crippen molar-refractivity contribution in [3.05, 3.63) is 59.7 Å². The predicted molar refractivity (Wildman–Crippen MR) is 89.7 cm³/mol. The van der Waals surface area contributed by atoms with Gasteiger partial charge >= 0.3 is 5.97 Å². The SMILES string of the molecule is CCOC(=O)c1noc(C(Cc2ccc3ccccc3c2)NC)n1. The first kappa shape index (κ1) is 16.1. The number of hydrogen-bond donors (Lipinski definition) is 1. The summed E-state index contributed by atoms with van der Waals surface area (Å²) in [6, 6.07) is 14.3.